The molecule has 0 amide bonds. The molecule has 2 heterocycles. The van der Waals surface area contributed by atoms with Gasteiger partial charge in [0.1, 0.15) is 0 Å². The Hall–Kier alpha value is -1.33. The molecule has 0 radical (unpaired) electrons. The molecule has 0 spiro atoms. The molecule has 2 N–H and O–H groups in total. The van der Waals surface area contributed by atoms with Crippen LogP contribution in [0.4, 0.5) is 0 Å². The van der Waals surface area contributed by atoms with Crippen LogP contribution in [0.3, 0.4) is 0 Å². The minimum atomic E-state index is -0.264. The molecule has 1 unspecified atom stereocenters. The summed E-state index contributed by atoms with van der Waals surface area (Å²) in [5.41, 5.74) is 9.24. The molecule has 0 aliphatic carbocycles. The summed E-state index contributed by atoms with van der Waals surface area (Å²) < 4.78 is 0. The van der Waals surface area contributed by atoms with Crippen molar-refractivity contribution in [1.82, 2.24) is 15.0 Å². The van der Waals surface area contributed by atoms with E-state index in [1.54, 1.807) is 24.1 Å². The van der Waals surface area contributed by atoms with Gasteiger partial charge in [0, 0.05) is 17.8 Å². The molecule has 0 saturated heterocycles. The fourth-order valence-corrected chi connectivity index (χ4v) is 1.59. The SMILES string of the molecule is NC(c1cnccn1)c1cscn1. The zero-order valence-corrected chi connectivity index (χ0v) is 7.61. The van der Waals surface area contributed by atoms with E-state index in [0.717, 1.165) is 11.4 Å². The Morgan fingerprint density at radius 2 is 2.15 bits per heavy atom. The smallest absolute Gasteiger partial charge is 0.0924 e. The van der Waals surface area contributed by atoms with E-state index in [1.165, 1.54) is 11.3 Å². The van der Waals surface area contributed by atoms with Gasteiger partial charge in [-0.25, -0.2) is 4.98 Å². The topological polar surface area (TPSA) is 64.7 Å². The maximum atomic E-state index is 5.90. The number of nitrogens with two attached hydrogens (primary N) is 1. The lowest BCUT2D eigenvalue weighted by atomic mass is 10.2. The normalized spacial score (nSPS) is 12.7. The predicted molar refractivity (Wildman–Crippen MR) is 50.2 cm³/mol. The third-order valence-electron chi connectivity index (χ3n) is 1.67. The van der Waals surface area contributed by atoms with E-state index in [9.17, 15) is 0 Å². The van der Waals surface area contributed by atoms with Gasteiger partial charge < -0.3 is 5.73 Å². The summed E-state index contributed by atoms with van der Waals surface area (Å²) >= 11 is 1.52. The van der Waals surface area contributed by atoms with Crippen molar-refractivity contribution in [2.75, 3.05) is 0 Å². The second-order valence-electron chi connectivity index (χ2n) is 2.52. The molecule has 0 bridgehead atoms. The van der Waals surface area contributed by atoms with Gasteiger partial charge in [-0.05, 0) is 0 Å². The van der Waals surface area contributed by atoms with E-state index < -0.39 is 0 Å². The maximum absolute atomic E-state index is 5.90. The van der Waals surface area contributed by atoms with Crippen molar-refractivity contribution in [2.45, 2.75) is 6.04 Å². The van der Waals surface area contributed by atoms with Gasteiger partial charge in [-0.15, -0.1) is 11.3 Å². The first-order chi connectivity index (χ1) is 6.38. The predicted octanol–water partition coefficient (Wildman–Crippen LogP) is 0.981. The number of rotatable bonds is 2. The van der Waals surface area contributed by atoms with Crippen molar-refractivity contribution >= 4 is 11.3 Å². The van der Waals surface area contributed by atoms with Gasteiger partial charge in [0.2, 0.25) is 0 Å². The van der Waals surface area contributed by atoms with Crippen LogP contribution in [0.15, 0.2) is 29.5 Å². The van der Waals surface area contributed by atoms with E-state index in [0.29, 0.717) is 0 Å². The van der Waals surface area contributed by atoms with E-state index in [2.05, 4.69) is 15.0 Å². The van der Waals surface area contributed by atoms with Gasteiger partial charge in [-0.1, -0.05) is 0 Å². The summed E-state index contributed by atoms with van der Waals surface area (Å²) in [4.78, 5) is 12.2. The molecule has 13 heavy (non-hydrogen) atoms. The lowest BCUT2D eigenvalue weighted by Crippen LogP contribution is -2.13. The molecular weight excluding hydrogens is 184 g/mol. The van der Waals surface area contributed by atoms with Crippen molar-refractivity contribution in [3.8, 4) is 0 Å². The molecule has 0 aliphatic rings. The maximum Gasteiger partial charge on any atom is 0.0924 e. The molecule has 5 heteroatoms. The van der Waals surface area contributed by atoms with Gasteiger partial charge in [0.05, 0.1) is 29.1 Å². The molecule has 0 saturated carbocycles. The fourth-order valence-electron chi connectivity index (χ4n) is 0.998. The highest BCUT2D eigenvalue weighted by Crippen LogP contribution is 2.15. The standard InChI is InChI=1S/C8H8N4S/c9-8(7-4-13-5-12-7)6-3-10-1-2-11-6/h1-5,8H,9H2. The summed E-state index contributed by atoms with van der Waals surface area (Å²) in [6.07, 6.45) is 4.91. The highest BCUT2D eigenvalue weighted by Gasteiger charge is 2.11. The monoisotopic (exact) mass is 192 g/mol. The van der Waals surface area contributed by atoms with Crippen LogP contribution in [0, 0.1) is 0 Å². The quantitative estimate of drug-likeness (QED) is 0.770. The third-order valence-corrected chi connectivity index (χ3v) is 2.28. The molecule has 0 aliphatic heterocycles. The number of nitrogens with zero attached hydrogens (tertiary/aromatic N) is 3. The number of thiazole rings is 1. The summed E-state index contributed by atoms with van der Waals surface area (Å²) in [7, 11) is 0. The van der Waals surface area contributed by atoms with Crippen LogP contribution in [-0.4, -0.2) is 15.0 Å². The highest BCUT2D eigenvalue weighted by atomic mass is 32.1. The minimum absolute atomic E-state index is 0.264. The van der Waals surface area contributed by atoms with Crippen LogP contribution < -0.4 is 5.73 Å². The summed E-state index contributed by atoms with van der Waals surface area (Å²) in [5, 5.41) is 1.92. The first-order valence-corrected chi connectivity index (χ1v) is 4.72. The Bertz CT molecular complexity index is 359. The molecular formula is C8H8N4S. The van der Waals surface area contributed by atoms with Crippen LogP contribution in [0.1, 0.15) is 17.4 Å². The zero-order valence-electron chi connectivity index (χ0n) is 6.79. The Balaban J connectivity index is 2.29. The van der Waals surface area contributed by atoms with Crippen molar-refractivity contribution in [3.05, 3.63) is 40.9 Å². The van der Waals surface area contributed by atoms with Crippen LogP contribution in [0.5, 0.6) is 0 Å². The van der Waals surface area contributed by atoms with Gasteiger partial charge in [-0.3, -0.25) is 9.97 Å². The second-order valence-corrected chi connectivity index (χ2v) is 3.24. The molecule has 0 fully saturated rings. The Kier molecular flexibility index (Phi) is 2.29. The molecule has 2 rings (SSSR count). The number of hydrogen-bond acceptors (Lipinski definition) is 5. The van der Waals surface area contributed by atoms with Crippen LogP contribution in [0.25, 0.3) is 0 Å². The molecule has 2 aromatic rings. The molecule has 2 aromatic heterocycles. The van der Waals surface area contributed by atoms with E-state index in [1.807, 2.05) is 5.38 Å². The van der Waals surface area contributed by atoms with Gasteiger partial charge in [0.25, 0.3) is 0 Å². The van der Waals surface area contributed by atoms with Gasteiger partial charge in [0.15, 0.2) is 0 Å². The average Bonchev–Trinajstić information content (AvgIpc) is 2.71. The first kappa shape index (κ1) is 8.28. The number of hydrogen-bond donors (Lipinski definition) is 1. The summed E-state index contributed by atoms with van der Waals surface area (Å²) in [5.74, 6) is 0. The lowest BCUT2D eigenvalue weighted by Gasteiger charge is -2.05. The van der Waals surface area contributed by atoms with Crippen LogP contribution in [0.2, 0.25) is 0 Å². The van der Waals surface area contributed by atoms with E-state index in [-0.39, 0.29) is 6.04 Å². The van der Waals surface area contributed by atoms with Crippen molar-refractivity contribution in [1.29, 1.82) is 0 Å². The Morgan fingerprint density at radius 3 is 2.77 bits per heavy atom. The van der Waals surface area contributed by atoms with Crippen LogP contribution in [-0.2, 0) is 0 Å². The van der Waals surface area contributed by atoms with Crippen molar-refractivity contribution in [3.63, 3.8) is 0 Å². The molecule has 1 atom stereocenters. The van der Waals surface area contributed by atoms with E-state index >= 15 is 0 Å². The first-order valence-electron chi connectivity index (χ1n) is 3.77. The third kappa shape index (κ3) is 1.71. The molecule has 66 valence electrons. The summed E-state index contributed by atoms with van der Waals surface area (Å²) in [6.45, 7) is 0. The minimum Gasteiger partial charge on any atom is -0.318 e. The average molecular weight is 192 g/mol. The Labute approximate surface area is 79.5 Å². The van der Waals surface area contributed by atoms with E-state index in [4.69, 9.17) is 5.73 Å². The second kappa shape index (κ2) is 3.59. The summed E-state index contributed by atoms with van der Waals surface area (Å²) in [6, 6.07) is -0.264. The van der Waals surface area contributed by atoms with Gasteiger partial charge >= 0.3 is 0 Å². The fraction of sp³-hybridized carbons (Fsp3) is 0.125. The molecule has 4 nitrogen and oxygen atoms in total. The largest absolute Gasteiger partial charge is 0.318 e. The Morgan fingerprint density at radius 1 is 1.23 bits per heavy atom. The zero-order chi connectivity index (χ0) is 9.10. The number of aromatic nitrogens is 3. The highest BCUT2D eigenvalue weighted by molar-refractivity contribution is 7.07. The van der Waals surface area contributed by atoms with Crippen molar-refractivity contribution in [2.24, 2.45) is 5.73 Å². The van der Waals surface area contributed by atoms with Crippen LogP contribution >= 0.6 is 11.3 Å². The van der Waals surface area contributed by atoms with Crippen molar-refractivity contribution < 1.29 is 0 Å². The van der Waals surface area contributed by atoms with Gasteiger partial charge in [-0.2, -0.15) is 0 Å². The lowest BCUT2D eigenvalue weighted by molar-refractivity contribution is 0.793. The molecule has 0 aromatic carbocycles.